The van der Waals surface area contributed by atoms with Crippen molar-refractivity contribution in [1.82, 2.24) is 5.32 Å². The Kier molecular flexibility index (Phi) is 3.45. The molecular weight excluding hydrogens is 230 g/mol. The Balaban J connectivity index is 2.20. The maximum absolute atomic E-state index is 11.3. The van der Waals surface area contributed by atoms with Crippen LogP contribution in [0.3, 0.4) is 0 Å². The van der Waals surface area contributed by atoms with Crippen molar-refractivity contribution in [3.05, 3.63) is 23.8 Å². The Bertz CT molecular complexity index is 436. The average Bonchev–Trinajstić information content (AvgIpc) is 2.68. The minimum absolute atomic E-state index is 0.132. The fraction of sp³-hybridized carbons (Fsp3) is 0.500. The van der Waals surface area contributed by atoms with Crippen LogP contribution in [0.4, 0.5) is 0 Å². The summed E-state index contributed by atoms with van der Waals surface area (Å²) in [6.45, 7) is 2.07. The number of rotatable bonds is 4. The average molecular weight is 249 g/mol. The number of benzene rings is 1. The minimum Gasteiger partial charge on any atom is -0.497 e. The van der Waals surface area contributed by atoms with Gasteiger partial charge in [-0.05, 0) is 37.5 Å². The number of nitrogens with one attached hydrogen (secondary N) is 1. The van der Waals surface area contributed by atoms with E-state index in [9.17, 15) is 4.79 Å². The Labute approximate surface area is 107 Å². The lowest BCUT2D eigenvalue weighted by Crippen LogP contribution is -2.40. The second-order valence-corrected chi connectivity index (χ2v) is 5.01. The third kappa shape index (κ3) is 2.75. The lowest BCUT2D eigenvalue weighted by molar-refractivity contribution is -0.119. The molecule has 2 rings (SSSR count). The standard InChI is InChI=1S/C14H19NO3/c1-14(5-4-13(16)15-14)9-10-6-11(17-2)8-12(7-10)18-3/h6-8H,4-5,9H2,1-3H3,(H,15,16). The second kappa shape index (κ2) is 4.88. The van der Waals surface area contributed by atoms with Crippen molar-refractivity contribution in [2.45, 2.75) is 31.7 Å². The molecule has 1 aliphatic rings. The van der Waals surface area contributed by atoms with Gasteiger partial charge in [0.15, 0.2) is 0 Å². The van der Waals surface area contributed by atoms with Crippen molar-refractivity contribution in [3.63, 3.8) is 0 Å². The Morgan fingerprint density at radius 3 is 2.28 bits per heavy atom. The number of methoxy groups -OCH3 is 2. The lowest BCUT2D eigenvalue weighted by Gasteiger charge is -2.24. The molecule has 0 radical (unpaired) electrons. The predicted octanol–water partition coefficient (Wildman–Crippen LogP) is 1.91. The first kappa shape index (κ1) is 12.7. The van der Waals surface area contributed by atoms with Gasteiger partial charge in [-0.15, -0.1) is 0 Å². The van der Waals surface area contributed by atoms with Gasteiger partial charge in [-0.25, -0.2) is 0 Å². The fourth-order valence-electron chi connectivity index (χ4n) is 2.40. The van der Waals surface area contributed by atoms with Gasteiger partial charge in [-0.3, -0.25) is 4.79 Å². The third-order valence-electron chi connectivity index (χ3n) is 3.35. The molecule has 4 heteroatoms. The molecule has 1 aromatic rings. The van der Waals surface area contributed by atoms with Crippen molar-refractivity contribution in [3.8, 4) is 11.5 Å². The highest BCUT2D eigenvalue weighted by Crippen LogP contribution is 2.28. The summed E-state index contributed by atoms with van der Waals surface area (Å²) >= 11 is 0. The molecule has 1 aliphatic heterocycles. The number of carbonyl (C=O) groups excluding carboxylic acids is 1. The molecule has 1 unspecified atom stereocenters. The van der Waals surface area contributed by atoms with Crippen LogP contribution in [-0.4, -0.2) is 25.7 Å². The van der Waals surface area contributed by atoms with Gasteiger partial charge >= 0.3 is 0 Å². The molecule has 1 saturated heterocycles. The number of hydrogen-bond donors (Lipinski definition) is 1. The molecule has 0 aromatic heterocycles. The first-order valence-corrected chi connectivity index (χ1v) is 6.08. The van der Waals surface area contributed by atoms with E-state index in [2.05, 4.69) is 12.2 Å². The summed E-state index contributed by atoms with van der Waals surface area (Å²) < 4.78 is 10.5. The van der Waals surface area contributed by atoms with E-state index in [0.717, 1.165) is 29.9 Å². The van der Waals surface area contributed by atoms with Crippen molar-refractivity contribution in [2.75, 3.05) is 14.2 Å². The van der Waals surface area contributed by atoms with E-state index in [4.69, 9.17) is 9.47 Å². The quantitative estimate of drug-likeness (QED) is 0.886. The normalized spacial score (nSPS) is 22.7. The van der Waals surface area contributed by atoms with Crippen LogP contribution in [0.25, 0.3) is 0 Å². The molecule has 18 heavy (non-hydrogen) atoms. The summed E-state index contributed by atoms with van der Waals surface area (Å²) in [4.78, 5) is 11.3. The smallest absolute Gasteiger partial charge is 0.220 e. The summed E-state index contributed by atoms with van der Waals surface area (Å²) in [6, 6.07) is 5.82. The fourth-order valence-corrected chi connectivity index (χ4v) is 2.40. The predicted molar refractivity (Wildman–Crippen MR) is 69.0 cm³/mol. The van der Waals surface area contributed by atoms with Crippen LogP contribution in [-0.2, 0) is 11.2 Å². The first-order valence-electron chi connectivity index (χ1n) is 6.08. The molecule has 1 heterocycles. The molecule has 0 spiro atoms. The molecule has 98 valence electrons. The Morgan fingerprint density at radius 2 is 1.83 bits per heavy atom. The van der Waals surface area contributed by atoms with Crippen LogP contribution in [0.1, 0.15) is 25.3 Å². The SMILES string of the molecule is COc1cc(CC2(C)CCC(=O)N2)cc(OC)c1. The monoisotopic (exact) mass is 249 g/mol. The highest BCUT2D eigenvalue weighted by Gasteiger charge is 2.33. The maximum atomic E-state index is 11.3. The molecule has 0 aliphatic carbocycles. The van der Waals surface area contributed by atoms with E-state index in [1.165, 1.54) is 0 Å². The van der Waals surface area contributed by atoms with Crippen molar-refractivity contribution in [2.24, 2.45) is 0 Å². The number of carbonyl (C=O) groups is 1. The molecule has 1 N–H and O–H groups in total. The molecule has 1 fully saturated rings. The van der Waals surface area contributed by atoms with E-state index >= 15 is 0 Å². The van der Waals surface area contributed by atoms with Crippen LogP contribution in [0.15, 0.2) is 18.2 Å². The van der Waals surface area contributed by atoms with Crippen LogP contribution in [0, 0.1) is 0 Å². The van der Waals surface area contributed by atoms with Crippen LogP contribution in [0.2, 0.25) is 0 Å². The second-order valence-electron chi connectivity index (χ2n) is 5.01. The summed E-state index contributed by atoms with van der Waals surface area (Å²) in [5, 5.41) is 3.03. The first-order chi connectivity index (χ1) is 8.54. The zero-order valence-electron chi connectivity index (χ0n) is 11.1. The van der Waals surface area contributed by atoms with E-state index in [1.54, 1.807) is 14.2 Å². The van der Waals surface area contributed by atoms with E-state index < -0.39 is 0 Å². The van der Waals surface area contributed by atoms with Gasteiger partial charge < -0.3 is 14.8 Å². The number of amides is 1. The molecule has 1 amide bonds. The zero-order valence-corrected chi connectivity index (χ0v) is 11.1. The summed E-state index contributed by atoms with van der Waals surface area (Å²) in [6.07, 6.45) is 2.26. The van der Waals surface area contributed by atoms with E-state index in [-0.39, 0.29) is 11.4 Å². The lowest BCUT2D eigenvalue weighted by atomic mass is 9.91. The van der Waals surface area contributed by atoms with Crippen LogP contribution < -0.4 is 14.8 Å². The summed E-state index contributed by atoms with van der Waals surface area (Å²) in [7, 11) is 3.27. The minimum atomic E-state index is -0.158. The number of hydrogen-bond acceptors (Lipinski definition) is 3. The summed E-state index contributed by atoms with van der Waals surface area (Å²) in [5.74, 6) is 1.68. The van der Waals surface area contributed by atoms with Crippen molar-refractivity contribution in [1.29, 1.82) is 0 Å². The van der Waals surface area contributed by atoms with E-state index in [0.29, 0.717) is 6.42 Å². The molecule has 0 saturated carbocycles. The van der Waals surface area contributed by atoms with Crippen LogP contribution >= 0.6 is 0 Å². The molecule has 4 nitrogen and oxygen atoms in total. The van der Waals surface area contributed by atoms with E-state index in [1.807, 2.05) is 18.2 Å². The largest absolute Gasteiger partial charge is 0.497 e. The topological polar surface area (TPSA) is 47.6 Å². The zero-order chi connectivity index (χ0) is 13.2. The Morgan fingerprint density at radius 1 is 1.22 bits per heavy atom. The van der Waals surface area contributed by atoms with Gasteiger partial charge in [0, 0.05) is 18.0 Å². The van der Waals surface area contributed by atoms with Gasteiger partial charge in [-0.1, -0.05) is 0 Å². The van der Waals surface area contributed by atoms with Crippen molar-refractivity contribution >= 4 is 5.91 Å². The highest BCUT2D eigenvalue weighted by molar-refractivity contribution is 5.79. The van der Waals surface area contributed by atoms with Crippen LogP contribution in [0.5, 0.6) is 11.5 Å². The van der Waals surface area contributed by atoms with Gasteiger partial charge in [-0.2, -0.15) is 0 Å². The molecule has 1 atom stereocenters. The number of ether oxygens (including phenoxy) is 2. The van der Waals surface area contributed by atoms with Gasteiger partial charge in [0.2, 0.25) is 5.91 Å². The van der Waals surface area contributed by atoms with Gasteiger partial charge in [0.05, 0.1) is 14.2 Å². The van der Waals surface area contributed by atoms with Gasteiger partial charge in [0.25, 0.3) is 0 Å². The van der Waals surface area contributed by atoms with Gasteiger partial charge in [0.1, 0.15) is 11.5 Å². The summed E-state index contributed by atoms with van der Waals surface area (Å²) in [5.41, 5.74) is 0.949. The molecular formula is C14H19NO3. The maximum Gasteiger partial charge on any atom is 0.220 e. The Hall–Kier alpha value is -1.71. The molecule has 0 bridgehead atoms. The van der Waals surface area contributed by atoms with Crippen molar-refractivity contribution < 1.29 is 14.3 Å². The molecule has 1 aromatic carbocycles. The third-order valence-corrected chi connectivity index (χ3v) is 3.35. The highest BCUT2D eigenvalue weighted by atomic mass is 16.5.